The van der Waals surface area contributed by atoms with Gasteiger partial charge in [-0.25, -0.2) is 19.5 Å². The van der Waals surface area contributed by atoms with Crippen molar-refractivity contribution in [1.29, 1.82) is 0 Å². The zero-order valence-electron chi connectivity index (χ0n) is 17.9. The number of hydrogen-bond acceptors (Lipinski definition) is 8. The van der Waals surface area contributed by atoms with Crippen LogP contribution in [0.4, 0.5) is 17.5 Å². The Balaban J connectivity index is 1.74. The molecule has 0 aliphatic heterocycles. The molecule has 0 spiro atoms. The molecule has 0 atom stereocenters. The number of amides is 1. The van der Waals surface area contributed by atoms with E-state index in [1.165, 1.54) is 6.92 Å². The van der Waals surface area contributed by atoms with E-state index in [0.29, 0.717) is 40.3 Å². The molecule has 0 saturated carbocycles. The first kappa shape index (κ1) is 20.4. The Morgan fingerprint density at radius 1 is 1.16 bits per heavy atom. The van der Waals surface area contributed by atoms with E-state index in [-0.39, 0.29) is 5.91 Å². The van der Waals surface area contributed by atoms with Crippen molar-refractivity contribution >= 4 is 29.0 Å². The Bertz CT molecular complexity index is 1230. The third-order valence-electron chi connectivity index (χ3n) is 4.44. The Labute approximate surface area is 179 Å². The molecule has 1 amide bonds. The second-order valence-electron chi connectivity index (χ2n) is 7.36. The zero-order chi connectivity index (χ0) is 22.0. The van der Waals surface area contributed by atoms with Crippen LogP contribution >= 0.6 is 0 Å². The molecule has 0 aliphatic carbocycles. The number of aryl methyl sites for hydroxylation is 1. The van der Waals surface area contributed by atoms with Gasteiger partial charge in [-0.05, 0) is 33.2 Å². The van der Waals surface area contributed by atoms with Gasteiger partial charge in [0.25, 0.3) is 0 Å². The standard InChI is InChI=1S/C20H24N10O/c1-13-22-15(12-17(23-13)24-14(2)31)19-20(26-18-6-5-8-21-30(18)19)25-16-7-9-29(27-16)11-10-28(3)4/h5-9,12H,10-11H2,1-4H3,(H,25,27)(H,22,23,24,31). The molecule has 0 radical (unpaired) electrons. The van der Waals surface area contributed by atoms with Crippen LogP contribution in [0.25, 0.3) is 17.0 Å². The Kier molecular flexibility index (Phi) is 5.58. The van der Waals surface area contributed by atoms with Crippen molar-refractivity contribution in [3.8, 4) is 11.4 Å². The minimum absolute atomic E-state index is 0.207. The number of imidazole rings is 1. The van der Waals surface area contributed by atoms with E-state index in [1.807, 2.05) is 43.2 Å². The van der Waals surface area contributed by atoms with Crippen LogP contribution in [0.3, 0.4) is 0 Å². The van der Waals surface area contributed by atoms with E-state index < -0.39 is 0 Å². The topological polar surface area (TPSA) is 118 Å². The van der Waals surface area contributed by atoms with Crippen LogP contribution in [0.1, 0.15) is 12.7 Å². The van der Waals surface area contributed by atoms with Gasteiger partial charge in [-0.2, -0.15) is 10.2 Å². The summed E-state index contributed by atoms with van der Waals surface area (Å²) >= 11 is 0. The molecule has 11 heteroatoms. The highest BCUT2D eigenvalue weighted by atomic mass is 16.1. The SMILES string of the molecule is CC(=O)Nc1cc(-c2c(Nc3ccn(CCN(C)C)n3)nc3cccnn23)nc(C)n1. The van der Waals surface area contributed by atoms with Crippen molar-refractivity contribution in [3.05, 3.63) is 42.5 Å². The van der Waals surface area contributed by atoms with Gasteiger partial charge < -0.3 is 15.5 Å². The number of hydrogen-bond donors (Lipinski definition) is 2. The Morgan fingerprint density at radius 2 is 2.00 bits per heavy atom. The van der Waals surface area contributed by atoms with Gasteiger partial charge in [0, 0.05) is 38.0 Å². The van der Waals surface area contributed by atoms with Crippen molar-refractivity contribution < 1.29 is 4.79 Å². The average molecular weight is 420 g/mol. The van der Waals surface area contributed by atoms with E-state index in [2.05, 4.69) is 40.7 Å². The van der Waals surface area contributed by atoms with Gasteiger partial charge in [0.15, 0.2) is 17.3 Å². The molecule has 4 aromatic heterocycles. The molecule has 4 rings (SSSR count). The number of nitrogens with one attached hydrogen (secondary N) is 2. The van der Waals surface area contributed by atoms with E-state index in [4.69, 9.17) is 0 Å². The van der Waals surface area contributed by atoms with Crippen LogP contribution in [0, 0.1) is 6.92 Å². The van der Waals surface area contributed by atoms with Gasteiger partial charge >= 0.3 is 0 Å². The van der Waals surface area contributed by atoms with E-state index in [1.54, 1.807) is 23.7 Å². The zero-order valence-corrected chi connectivity index (χ0v) is 17.9. The molecule has 2 N–H and O–H groups in total. The summed E-state index contributed by atoms with van der Waals surface area (Å²) in [6.07, 6.45) is 3.60. The molecule has 31 heavy (non-hydrogen) atoms. The first-order valence-electron chi connectivity index (χ1n) is 9.81. The fraction of sp³-hybridized carbons (Fsp3) is 0.300. The predicted molar refractivity (Wildman–Crippen MR) is 117 cm³/mol. The van der Waals surface area contributed by atoms with E-state index in [0.717, 1.165) is 13.1 Å². The lowest BCUT2D eigenvalue weighted by molar-refractivity contribution is -0.114. The molecule has 0 aromatic carbocycles. The second-order valence-corrected chi connectivity index (χ2v) is 7.36. The molecular weight excluding hydrogens is 396 g/mol. The molecule has 160 valence electrons. The first-order valence-corrected chi connectivity index (χ1v) is 9.81. The summed E-state index contributed by atoms with van der Waals surface area (Å²) < 4.78 is 3.57. The maximum atomic E-state index is 11.5. The van der Waals surface area contributed by atoms with Crippen LogP contribution in [-0.2, 0) is 11.3 Å². The van der Waals surface area contributed by atoms with Crippen LogP contribution < -0.4 is 10.6 Å². The number of nitrogens with zero attached hydrogens (tertiary/aromatic N) is 8. The third kappa shape index (κ3) is 4.67. The van der Waals surface area contributed by atoms with Crippen LogP contribution in [0.2, 0.25) is 0 Å². The third-order valence-corrected chi connectivity index (χ3v) is 4.44. The highest BCUT2D eigenvalue weighted by Crippen LogP contribution is 2.30. The molecular formula is C20H24N10O. The maximum Gasteiger partial charge on any atom is 0.222 e. The lowest BCUT2D eigenvalue weighted by atomic mass is 10.2. The van der Waals surface area contributed by atoms with Crippen molar-refractivity contribution in [2.45, 2.75) is 20.4 Å². The molecule has 4 aromatic rings. The highest BCUT2D eigenvalue weighted by Gasteiger charge is 2.19. The number of fused-ring (bicyclic) bond motifs is 1. The van der Waals surface area contributed by atoms with E-state index >= 15 is 0 Å². The summed E-state index contributed by atoms with van der Waals surface area (Å²) in [7, 11) is 4.05. The molecule has 0 bridgehead atoms. The summed E-state index contributed by atoms with van der Waals surface area (Å²) in [6.45, 7) is 4.87. The number of carbonyl (C=O) groups is 1. The van der Waals surface area contributed by atoms with Gasteiger partial charge in [0.1, 0.15) is 17.3 Å². The summed E-state index contributed by atoms with van der Waals surface area (Å²) in [5.74, 6) is 1.95. The van der Waals surface area contributed by atoms with Crippen LogP contribution in [0.15, 0.2) is 36.7 Å². The molecule has 0 fully saturated rings. The summed E-state index contributed by atoms with van der Waals surface area (Å²) in [4.78, 5) is 27.1. The van der Waals surface area contributed by atoms with Crippen LogP contribution in [0.5, 0.6) is 0 Å². The predicted octanol–water partition coefficient (Wildman–Crippen LogP) is 1.95. The Morgan fingerprint density at radius 3 is 2.77 bits per heavy atom. The van der Waals surface area contributed by atoms with Crippen molar-refractivity contribution in [1.82, 2.24) is 39.2 Å². The van der Waals surface area contributed by atoms with Gasteiger partial charge in [-0.15, -0.1) is 0 Å². The fourth-order valence-corrected chi connectivity index (χ4v) is 3.12. The van der Waals surface area contributed by atoms with E-state index in [9.17, 15) is 4.79 Å². The van der Waals surface area contributed by atoms with Gasteiger partial charge in [0.05, 0.1) is 12.2 Å². The largest absolute Gasteiger partial charge is 0.322 e. The normalized spacial score (nSPS) is 11.3. The monoisotopic (exact) mass is 420 g/mol. The number of carbonyl (C=O) groups excluding carboxylic acids is 1. The molecule has 0 unspecified atom stereocenters. The summed E-state index contributed by atoms with van der Waals surface area (Å²) in [5, 5.41) is 15.0. The van der Waals surface area contributed by atoms with Gasteiger partial charge in [-0.1, -0.05) is 0 Å². The number of likely N-dealkylation sites (N-methyl/N-ethyl adjacent to an activating group) is 1. The second kappa shape index (κ2) is 8.48. The Hall–Kier alpha value is -3.86. The molecule has 4 heterocycles. The minimum atomic E-state index is -0.207. The molecule has 0 aliphatic rings. The first-order chi connectivity index (χ1) is 14.9. The fourth-order valence-electron chi connectivity index (χ4n) is 3.12. The minimum Gasteiger partial charge on any atom is -0.322 e. The lowest BCUT2D eigenvalue weighted by Crippen LogP contribution is -2.18. The maximum absolute atomic E-state index is 11.5. The van der Waals surface area contributed by atoms with Crippen molar-refractivity contribution in [3.63, 3.8) is 0 Å². The molecule has 0 saturated heterocycles. The van der Waals surface area contributed by atoms with Gasteiger partial charge in [-0.3, -0.25) is 9.48 Å². The number of rotatable bonds is 7. The lowest BCUT2D eigenvalue weighted by Gasteiger charge is -2.09. The molecule has 11 nitrogen and oxygen atoms in total. The summed E-state index contributed by atoms with van der Waals surface area (Å²) in [6, 6.07) is 7.28. The van der Waals surface area contributed by atoms with Crippen LogP contribution in [-0.4, -0.2) is 65.8 Å². The highest BCUT2D eigenvalue weighted by molar-refractivity contribution is 5.88. The smallest absolute Gasteiger partial charge is 0.222 e. The quantitative estimate of drug-likeness (QED) is 0.466. The number of anilines is 3. The van der Waals surface area contributed by atoms with Crippen molar-refractivity contribution in [2.24, 2.45) is 0 Å². The average Bonchev–Trinajstić information content (AvgIpc) is 3.29. The summed E-state index contributed by atoms with van der Waals surface area (Å²) in [5.41, 5.74) is 1.89. The van der Waals surface area contributed by atoms with Gasteiger partial charge in [0.2, 0.25) is 5.91 Å². The van der Waals surface area contributed by atoms with Crippen molar-refractivity contribution in [2.75, 3.05) is 31.3 Å². The number of aromatic nitrogens is 7.